The van der Waals surface area contributed by atoms with Crippen molar-refractivity contribution in [2.75, 3.05) is 20.6 Å². The average molecular weight is 242 g/mol. The van der Waals surface area contributed by atoms with Crippen LogP contribution in [0.15, 0.2) is 0 Å². The minimum atomic E-state index is 0.357. The van der Waals surface area contributed by atoms with Crippen molar-refractivity contribution in [3.63, 3.8) is 0 Å². The van der Waals surface area contributed by atoms with Crippen LogP contribution in [-0.2, 0) is 0 Å². The van der Waals surface area contributed by atoms with Gasteiger partial charge in [-0.3, -0.25) is 0 Å². The third kappa shape index (κ3) is 6.42. The molecule has 0 bridgehead atoms. The molecule has 2 N–H and O–H groups in total. The van der Waals surface area contributed by atoms with Gasteiger partial charge < -0.3 is 10.6 Å². The van der Waals surface area contributed by atoms with Gasteiger partial charge in [-0.15, -0.1) is 0 Å². The first-order valence-corrected chi connectivity index (χ1v) is 6.96. The molecule has 0 aliphatic carbocycles. The van der Waals surface area contributed by atoms with Crippen molar-refractivity contribution in [3.05, 3.63) is 0 Å². The van der Waals surface area contributed by atoms with Crippen LogP contribution < -0.4 is 10.6 Å². The molecular formula is C15H34N2. The standard InChI is InChI=1S/C15H34N2/c1-12(2)15(5,6)10-13(17-8)9-14(3,4)11-16-7/h12-13,16-17H,9-11H2,1-8H3. The molecule has 0 saturated carbocycles. The molecule has 0 aliphatic rings. The van der Waals surface area contributed by atoms with Gasteiger partial charge in [-0.05, 0) is 43.7 Å². The molecule has 2 nitrogen and oxygen atoms in total. The van der Waals surface area contributed by atoms with Gasteiger partial charge in [-0.2, -0.15) is 0 Å². The molecule has 2 heteroatoms. The third-order valence-electron chi connectivity index (χ3n) is 4.20. The van der Waals surface area contributed by atoms with Crippen LogP contribution in [0.2, 0.25) is 0 Å². The maximum Gasteiger partial charge on any atom is 0.00748 e. The molecule has 0 aromatic carbocycles. The lowest BCUT2D eigenvalue weighted by Crippen LogP contribution is -2.39. The highest BCUT2D eigenvalue weighted by Gasteiger charge is 2.29. The van der Waals surface area contributed by atoms with Crippen molar-refractivity contribution in [1.82, 2.24) is 10.6 Å². The van der Waals surface area contributed by atoms with Crippen LogP contribution in [-0.4, -0.2) is 26.7 Å². The molecular weight excluding hydrogens is 208 g/mol. The fraction of sp³-hybridized carbons (Fsp3) is 1.00. The summed E-state index contributed by atoms with van der Waals surface area (Å²) in [6.07, 6.45) is 2.47. The van der Waals surface area contributed by atoms with Crippen molar-refractivity contribution in [3.8, 4) is 0 Å². The zero-order chi connectivity index (χ0) is 13.7. The van der Waals surface area contributed by atoms with Crippen molar-refractivity contribution in [2.24, 2.45) is 16.7 Å². The average Bonchev–Trinajstić information content (AvgIpc) is 2.15. The Bertz CT molecular complexity index is 207. The zero-order valence-electron chi connectivity index (χ0n) is 13.3. The fourth-order valence-electron chi connectivity index (χ4n) is 2.36. The Balaban J connectivity index is 4.44. The zero-order valence-corrected chi connectivity index (χ0v) is 13.3. The Kier molecular flexibility index (Phi) is 6.71. The SMILES string of the molecule is CNCC(C)(C)CC(CC(C)(C)C(C)C)NC. The van der Waals surface area contributed by atoms with E-state index >= 15 is 0 Å². The molecule has 0 fully saturated rings. The molecule has 0 aromatic heterocycles. The predicted molar refractivity (Wildman–Crippen MR) is 78.4 cm³/mol. The van der Waals surface area contributed by atoms with Crippen molar-refractivity contribution in [2.45, 2.75) is 60.4 Å². The second-order valence-corrected chi connectivity index (χ2v) is 7.23. The highest BCUT2D eigenvalue weighted by Crippen LogP contribution is 2.34. The lowest BCUT2D eigenvalue weighted by atomic mass is 9.73. The van der Waals surface area contributed by atoms with Crippen LogP contribution in [0.5, 0.6) is 0 Å². The van der Waals surface area contributed by atoms with E-state index in [-0.39, 0.29) is 0 Å². The maximum absolute atomic E-state index is 3.50. The van der Waals surface area contributed by atoms with Gasteiger partial charge in [0.15, 0.2) is 0 Å². The van der Waals surface area contributed by atoms with Crippen LogP contribution in [0.1, 0.15) is 54.4 Å². The first kappa shape index (κ1) is 16.9. The van der Waals surface area contributed by atoms with Gasteiger partial charge >= 0.3 is 0 Å². The van der Waals surface area contributed by atoms with Crippen LogP contribution in [0.3, 0.4) is 0 Å². The number of hydrogen-bond donors (Lipinski definition) is 2. The first-order valence-electron chi connectivity index (χ1n) is 6.96. The van der Waals surface area contributed by atoms with Crippen LogP contribution in [0.25, 0.3) is 0 Å². The quantitative estimate of drug-likeness (QED) is 0.682. The van der Waals surface area contributed by atoms with E-state index in [1.165, 1.54) is 12.8 Å². The summed E-state index contributed by atoms with van der Waals surface area (Å²) in [5.41, 5.74) is 0.763. The van der Waals surface area contributed by atoms with E-state index < -0.39 is 0 Å². The lowest BCUT2D eigenvalue weighted by Gasteiger charge is -2.37. The maximum atomic E-state index is 3.50. The van der Waals surface area contributed by atoms with Gasteiger partial charge in [-0.25, -0.2) is 0 Å². The lowest BCUT2D eigenvalue weighted by molar-refractivity contribution is 0.172. The van der Waals surface area contributed by atoms with E-state index in [0.717, 1.165) is 12.5 Å². The van der Waals surface area contributed by atoms with Gasteiger partial charge in [-0.1, -0.05) is 41.5 Å². The van der Waals surface area contributed by atoms with Gasteiger partial charge in [0.05, 0.1) is 0 Å². The molecule has 0 saturated heterocycles. The molecule has 0 heterocycles. The molecule has 0 radical (unpaired) electrons. The summed E-state index contributed by atoms with van der Waals surface area (Å²) in [5.74, 6) is 0.728. The molecule has 1 unspecified atom stereocenters. The fourth-order valence-corrected chi connectivity index (χ4v) is 2.36. The summed E-state index contributed by atoms with van der Waals surface area (Å²) in [6, 6.07) is 0.607. The summed E-state index contributed by atoms with van der Waals surface area (Å²) in [5, 5.41) is 6.80. The van der Waals surface area contributed by atoms with Gasteiger partial charge in [0, 0.05) is 12.6 Å². The summed E-state index contributed by atoms with van der Waals surface area (Å²) in [7, 11) is 4.13. The molecule has 0 spiro atoms. The molecule has 0 aromatic rings. The third-order valence-corrected chi connectivity index (χ3v) is 4.20. The van der Waals surface area contributed by atoms with E-state index in [2.05, 4.69) is 59.2 Å². The summed E-state index contributed by atoms with van der Waals surface area (Å²) in [4.78, 5) is 0. The molecule has 0 rings (SSSR count). The molecule has 17 heavy (non-hydrogen) atoms. The van der Waals surface area contributed by atoms with E-state index in [4.69, 9.17) is 0 Å². The monoisotopic (exact) mass is 242 g/mol. The van der Waals surface area contributed by atoms with E-state index in [0.29, 0.717) is 16.9 Å². The largest absolute Gasteiger partial charge is 0.319 e. The molecule has 104 valence electrons. The Morgan fingerprint density at radius 1 is 0.941 bits per heavy atom. The van der Waals surface area contributed by atoms with Gasteiger partial charge in [0.1, 0.15) is 0 Å². The highest BCUT2D eigenvalue weighted by atomic mass is 14.9. The van der Waals surface area contributed by atoms with Crippen LogP contribution in [0.4, 0.5) is 0 Å². The number of nitrogens with one attached hydrogen (secondary N) is 2. The van der Waals surface area contributed by atoms with Crippen LogP contribution in [0, 0.1) is 16.7 Å². The van der Waals surface area contributed by atoms with Crippen molar-refractivity contribution in [1.29, 1.82) is 0 Å². The van der Waals surface area contributed by atoms with Crippen molar-refractivity contribution >= 4 is 0 Å². The Hall–Kier alpha value is -0.0800. The Labute approximate surface area is 109 Å². The first-order chi connectivity index (χ1) is 7.64. The van der Waals surface area contributed by atoms with Gasteiger partial charge in [0.2, 0.25) is 0 Å². The smallest absolute Gasteiger partial charge is 0.00748 e. The van der Waals surface area contributed by atoms with Crippen LogP contribution >= 0.6 is 0 Å². The molecule has 0 amide bonds. The highest BCUT2D eigenvalue weighted by molar-refractivity contribution is 4.84. The Morgan fingerprint density at radius 3 is 1.82 bits per heavy atom. The summed E-state index contributed by atoms with van der Waals surface area (Å²) >= 11 is 0. The number of rotatable bonds is 8. The number of hydrogen-bond acceptors (Lipinski definition) is 2. The van der Waals surface area contributed by atoms with Crippen molar-refractivity contribution < 1.29 is 0 Å². The molecule has 0 aliphatic heterocycles. The molecule has 1 atom stereocenters. The summed E-state index contributed by atoms with van der Waals surface area (Å²) in [6.45, 7) is 15.2. The van der Waals surface area contributed by atoms with E-state index in [9.17, 15) is 0 Å². The Morgan fingerprint density at radius 2 is 1.47 bits per heavy atom. The van der Waals surface area contributed by atoms with E-state index in [1.807, 2.05) is 7.05 Å². The topological polar surface area (TPSA) is 24.1 Å². The minimum Gasteiger partial charge on any atom is -0.319 e. The second-order valence-electron chi connectivity index (χ2n) is 7.23. The normalized spacial score (nSPS) is 15.4. The predicted octanol–water partition coefficient (Wildman–Crippen LogP) is 3.28. The van der Waals surface area contributed by atoms with Gasteiger partial charge in [0.25, 0.3) is 0 Å². The minimum absolute atomic E-state index is 0.357. The second kappa shape index (κ2) is 6.75. The van der Waals surface area contributed by atoms with E-state index in [1.54, 1.807) is 0 Å². The summed E-state index contributed by atoms with van der Waals surface area (Å²) < 4.78 is 0.